The van der Waals surface area contributed by atoms with Gasteiger partial charge in [0.05, 0.1) is 29.2 Å². The van der Waals surface area contributed by atoms with Crippen molar-refractivity contribution in [1.82, 2.24) is 4.98 Å². The van der Waals surface area contributed by atoms with E-state index in [-0.39, 0.29) is 6.10 Å². The van der Waals surface area contributed by atoms with E-state index in [0.717, 1.165) is 36.1 Å². The number of aliphatic hydroxyl groups excluding tert-OH is 1. The van der Waals surface area contributed by atoms with Crippen LogP contribution in [0.15, 0.2) is 30.5 Å². The van der Waals surface area contributed by atoms with Gasteiger partial charge in [-0.05, 0) is 19.4 Å². The Labute approximate surface area is 112 Å². The zero-order chi connectivity index (χ0) is 13.4. The Morgan fingerprint density at radius 3 is 2.95 bits per heavy atom. The molecular weight excluding hydrogens is 238 g/mol. The van der Waals surface area contributed by atoms with Crippen molar-refractivity contribution >= 4 is 22.3 Å². The lowest BCUT2D eigenvalue weighted by Crippen LogP contribution is -2.24. The average molecular weight is 257 g/mol. The molecule has 2 unspecified atom stereocenters. The van der Waals surface area contributed by atoms with Crippen molar-refractivity contribution in [3.8, 4) is 0 Å². The van der Waals surface area contributed by atoms with Crippen LogP contribution in [0.1, 0.15) is 13.3 Å². The van der Waals surface area contributed by atoms with Crippen LogP contribution in [0, 0.1) is 5.92 Å². The Kier molecular flexibility index (Phi) is 3.03. The van der Waals surface area contributed by atoms with Gasteiger partial charge in [-0.3, -0.25) is 4.98 Å². The molecule has 4 heteroatoms. The van der Waals surface area contributed by atoms with Crippen LogP contribution in [0.25, 0.3) is 10.9 Å². The van der Waals surface area contributed by atoms with Gasteiger partial charge in [0.15, 0.2) is 0 Å². The Morgan fingerprint density at radius 2 is 2.21 bits per heavy atom. The van der Waals surface area contributed by atoms with Crippen LogP contribution in [-0.4, -0.2) is 29.3 Å². The zero-order valence-corrected chi connectivity index (χ0v) is 11.1. The average Bonchev–Trinajstić information content (AvgIpc) is 2.88. The first-order chi connectivity index (χ1) is 9.16. The van der Waals surface area contributed by atoms with E-state index in [2.05, 4.69) is 16.0 Å². The van der Waals surface area contributed by atoms with E-state index < -0.39 is 0 Å². The molecule has 0 spiro atoms. The van der Waals surface area contributed by atoms with Gasteiger partial charge in [-0.2, -0.15) is 0 Å². The number of benzene rings is 1. The Balaban J connectivity index is 2.03. The molecule has 2 atom stereocenters. The van der Waals surface area contributed by atoms with Crippen molar-refractivity contribution < 1.29 is 5.11 Å². The predicted molar refractivity (Wildman–Crippen MR) is 78.2 cm³/mol. The van der Waals surface area contributed by atoms with Crippen LogP contribution in [-0.2, 0) is 0 Å². The minimum Gasteiger partial charge on any atom is -0.396 e. The maximum atomic E-state index is 9.73. The Hall–Kier alpha value is -1.81. The maximum absolute atomic E-state index is 9.73. The molecule has 0 radical (unpaired) electrons. The van der Waals surface area contributed by atoms with Gasteiger partial charge < -0.3 is 15.7 Å². The van der Waals surface area contributed by atoms with Crippen molar-refractivity contribution in [3.63, 3.8) is 0 Å². The fourth-order valence-electron chi connectivity index (χ4n) is 2.88. The van der Waals surface area contributed by atoms with Crippen molar-refractivity contribution in [2.45, 2.75) is 19.4 Å². The normalized spacial score (nSPS) is 20.9. The van der Waals surface area contributed by atoms with Crippen molar-refractivity contribution in [1.29, 1.82) is 0 Å². The van der Waals surface area contributed by atoms with Gasteiger partial charge in [0.1, 0.15) is 0 Å². The molecule has 3 rings (SSSR count). The van der Waals surface area contributed by atoms with E-state index in [4.69, 9.17) is 5.73 Å². The third-order valence-corrected chi connectivity index (χ3v) is 4.00. The van der Waals surface area contributed by atoms with E-state index in [9.17, 15) is 5.11 Å². The van der Waals surface area contributed by atoms with Crippen LogP contribution in [0.4, 0.5) is 11.4 Å². The number of nitrogens with two attached hydrogens (primary N) is 1. The number of fused-ring (bicyclic) bond motifs is 1. The Morgan fingerprint density at radius 1 is 1.42 bits per heavy atom. The lowest BCUT2D eigenvalue weighted by molar-refractivity contribution is 0.136. The van der Waals surface area contributed by atoms with Crippen LogP contribution in [0.2, 0.25) is 0 Å². The minimum atomic E-state index is -0.265. The second-order valence-electron chi connectivity index (χ2n) is 5.31. The lowest BCUT2D eigenvalue weighted by atomic mass is 10.0. The van der Waals surface area contributed by atoms with Crippen molar-refractivity contribution in [2.75, 3.05) is 23.7 Å². The molecule has 1 aromatic heterocycles. The molecule has 1 aliphatic rings. The van der Waals surface area contributed by atoms with E-state index in [1.54, 1.807) is 6.20 Å². The second-order valence-corrected chi connectivity index (χ2v) is 5.31. The molecule has 0 bridgehead atoms. The number of anilines is 2. The van der Waals surface area contributed by atoms with Crippen LogP contribution in [0.3, 0.4) is 0 Å². The molecule has 3 N–H and O–H groups in total. The summed E-state index contributed by atoms with van der Waals surface area (Å²) in [6, 6.07) is 8.05. The van der Waals surface area contributed by atoms with E-state index in [1.165, 1.54) is 0 Å². The maximum Gasteiger partial charge on any atom is 0.0745 e. The number of pyridine rings is 1. The van der Waals surface area contributed by atoms with Gasteiger partial charge in [0, 0.05) is 24.4 Å². The summed E-state index contributed by atoms with van der Waals surface area (Å²) in [4.78, 5) is 6.64. The Bertz CT molecular complexity index is 597. The van der Waals surface area contributed by atoms with Gasteiger partial charge in [-0.25, -0.2) is 0 Å². The molecule has 0 saturated carbocycles. The summed E-state index contributed by atoms with van der Waals surface area (Å²) in [5.74, 6) is 0.325. The summed E-state index contributed by atoms with van der Waals surface area (Å²) >= 11 is 0. The summed E-state index contributed by atoms with van der Waals surface area (Å²) in [7, 11) is 0. The number of nitrogens with zero attached hydrogens (tertiary/aromatic N) is 2. The summed E-state index contributed by atoms with van der Waals surface area (Å²) in [5, 5.41) is 10.8. The highest BCUT2D eigenvalue weighted by atomic mass is 16.3. The smallest absolute Gasteiger partial charge is 0.0745 e. The summed E-state index contributed by atoms with van der Waals surface area (Å²) in [6.07, 6.45) is 2.47. The third-order valence-electron chi connectivity index (χ3n) is 4.00. The highest BCUT2D eigenvalue weighted by Gasteiger charge is 2.28. The molecule has 1 aromatic carbocycles. The third kappa shape index (κ3) is 2.12. The fourth-order valence-corrected chi connectivity index (χ4v) is 2.88. The van der Waals surface area contributed by atoms with E-state index in [0.29, 0.717) is 11.6 Å². The molecule has 2 aromatic rings. The second kappa shape index (κ2) is 4.70. The number of aromatic nitrogens is 1. The first kappa shape index (κ1) is 12.2. The highest BCUT2D eigenvalue weighted by molar-refractivity contribution is 5.97. The van der Waals surface area contributed by atoms with Gasteiger partial charge in [0.25, 0.3) is 0 Å². The van der Waals surface area contributed by atoms with Crippen molar-refractivity contribution in [2.24, 2.45) is 5.92 Å². The first-order valence-corrected chi connectivity index (χ1v) is 6.73. The first-order valence-electron chi connectivity index (χ1n) is 6.73. The standard InChI is InChI=1S/C15H19N3O/c1-10(19)11-6-7-18(9-11)15-12-4-2-3-5-14(12)17-8-13(15)16/h2-5,8,10-11,19H,6-7,9,16H2,1H3. The number of rotatable bonds is 2. The molecular formula is C15H19N3O. The summed E-state index contributed by atoms with van der Waals surface area (Å²) in [6.45, 7) is 3.66. The molecule has 1 saturated heterocycles. The van der Waals surface area contributed by atoms with Crippen LogP contribution in [0.5, 0.6) is 0 Å². The fraction of sp³-hybridized carbons (Fsp3) is 0.400. The number of hydrogen-bond acceptors (Lipinski definition) is 4. The molecule has 1 aliphatic heterocycles. The molecule has 1 fully saturated rings. The number of hydrogen-bond donors (Lipinski definition) is 2. The molecule has 19 heavy (non-hydrogen) atoms. The highest BCUT2D eigenvalue weighted by Crippen LogP contribution is 2.35. The molecule has 100 valence electrons. The molecule has 2 heterocycles. The monoisotopic (exact) mass is 257 g/mol. The van der Waals surface area contributed by atoms with Gasteiger partial charge in [-0.15, -0.1) is 0 Å². The molecule has 4 nitrogen and oxygen atoms in total. The van der Waals surface area contributed by atoms with Crippen molar-refractivity contribution in [3.05, 3.63) is 30.5 Å². The lowest BCUT2D eigenvalue weighted by Gasteiger charge is -2.23. The summed E-state index contributed by atoms with van der Waals surface area (Å²) in [5.41, 5.74) is 8.86. The van der Waals surface area contributed by atoms with Crippen LogP contribution >= 0.6 is 0 Å². The van der Waals surface area contributed by atoms with Gasteiger partial charge in [0.2, 0.25) is 0 Å². The van der Waals surface area contributed by atoms with Crippen LogP contribution < -0.4 is 10.6 Å². The van der Waals surface area contributed by atoms with E-state index >= 15 is 0 Å². The van der Waals surface area contributed by atoms with Gasteiger partial charge >= 0.3 is 0 Å². The topological polar surface area (TPSA) is 62.4 Å². The molecule has 0 amide bonds. The SMILES string of the molecule is CC(O)C1CCN(c2c(N)cnc3ccccc23)C1. The minimum absolute atomic E-state index is 0.265. The van der Waals surface area contributed by atoms with Gasteiger partial charge in [-0.1, -0.05) is 18.2 Å². The number of para-hydroxylation sites is 1. The number of nitrogen functional groups attached to an aromatic ring is 1. The zero-order valence-electron chi connectivity index (χ0n) is 11.1. The predicted octanol–water partition coefficient (Wildman–Crippen LogP) is 2.02. The molecule has 0 aliphatic carbocycles. The largest absolute Gasteiger partial charge is 0.396 e. The quantitative estimate of drug-likeness (QED) is 0.864. The summed E-state index contributed by atoms with van der Waals surface area (Å²) < 4.78 is 0. The van der Waals surface area contributed by atoms with E-state index in [1.807, 2.05) is 25.1 Å². The number of aliphatic hydroxyl groups is 1.